The molecule has 89 heavy (non-hydrogen) atoms. The van der Waals surface area contributed by atoms with Gasteiger partial charge in [0.15, 0.2) is 22.3 Å². The molecule has 26 heteroatoms. The lowest BCUT2D eigenvalue weighted by molar-refractivity contribution is -0.911. The Balaban J connectivity index is 1.04. The van der Waals surface area contributed by atoms with E-state index >= 15 is 0 Å². The molecular weight excluding hydrogens is 1210 g/mol. The summed E-state index contributed by atoms with van der Waals surface area (Å²) >= 11 is 7.99. The molecule has 3 atom stereocenters. The lowest BCUT2D eigenvalue weighted by atomic mass is 10.0. The number of esters is 2. The van der Waals surface area contributed by atoms with E-state index in [1.807, 2.05) is 48.5 Å². The van der Waals surface area contributed by atoms with Gasteiger partial charge in [0.2, 0.25) is 5.60 Å². The number of hydrogen-bond acceptors (Lipinski definition) is 19. The predicted octanol–water partition coefficient (Wildman–Crippen LogP) is 8.62. The number of rotatable bonds is 25. The van der Waals surface area contributed by atoms with Crippen LogP contribution in [0.4, 0.5) is 9.93 Å². The maximum atomic E-state index is 14.7. The van der Waals surface area contributed by atoms with Gasteiger partial charge >= 0.3 is 18.0 Å². The molecule has 8 rings (SSSR count). The number of benzene rings is 4. The van der Waals surface area contributed by atoms with Crippen LogP contribution in [0.1, 0.15) is 101 Å². The summed E-state index contributed by atoms with van der Waals surface area (Å²) in [7, 11) is 2.77. The number of aromatic nitrogens is 1. The molecule has 3 aliphatic rings. The summed E-state index contributed by atoms with van der Waals surface area (Å²) in [4.78, 5) is 95.2. The zero-order valence-electron chi connectivity index (χ0n) is 51.6. The number of anilines is 1. The van der Waals surface area contributed by atoms with Gasteiger partial charge in [0.25, 0.3) is 17.7 Å². The van der Waals surface area contributed by atoms with Crippen molar-refractivity contribution < 1.29 is 80.2 Å². The Bertz CT molecular complexity index is 3500. The zero-order chi connectivity index (χ0) is 64.4. The highest BCUT2D eigenvalue weighted by Crippen LogP contribution is 2.40. The Morgan fingerprint density at radius 1 is 0.764 bits per heavy atom. The van der Waals surface area contributed by atoms with Gasteiger partial charge in [-0.2, -0.15) is 0 Å². The third-order valence-corrected chi connectivity index (χ3v) is 17.1. The first-order valence-electron chi connectivity index (χ1n) is 28.6. The number of nitrogens with zero attached hydrogens (tertiary/aromatic N) is 4. The van der Waals surface area contributed by atoms with Crippen LogP contribution in [-0.2, 0) is 68.8 Å². The van der Waals surface area contributed by atoms with Crippen molar-refractivity contribution in [1.29, 1.82) is 0 Å². The smallest absolute Gasteiger partial charge is 0.413 e. The summed E-state index contributed by atoms with van der Waals surface area (Å²) in [5.74, 6) is -1.68. The molecule has 1 aromatic heterocycles. The van der Waals surface area contributed by atoms with Crippen molar-refractivity contribution in [3.63, 3.8) is 0 Å². The van der Waals surface area contributed by atoms with Crippen LogP contribution in [0.2, 0.25) is 5.02 Å². The molecule has 23 nitrogen and oxygen atoms in total. The molecule has 0 spiro atoms. The van der Waals surface area contributed by atoms with Gasteiger partial charge in [0.05, 0.1) is 74.6 Å². The van der Waals surface area contributed by atoms with Crippen LogP contribution >= 0.6 is 22.9 Å². The summed E-state index contributed by atoms with van der Waals surface area (Å²) < 4.78 is 60.3. The highest BCUT2D eigenvalue weighted by molar-refractivity contribution is 7.86. The minimum atomic E-state index is -1.93. The number of methoxy groups -OCH3 is 3. The van der Waals surface area contributed by atoms with E-state index in [1.165, 1.54) is 26.3 Å². The Hall–Kier alpha value is -8.26. The quantitative estimate of drug-likeness (QED) is 0.0123. The third kappa shape index (κ3) is 17.1. The van der Waals surface area contributed by atoms with Gasteiger partial charge in [-0.15, -0.1) is 11.3 Å². The van der Waals surface area contributed by atoms with E-state index in [9.17, 15) is 33.0 Å². The number of thiazole rings is 1. The molecule has 0 radical (unpaired) electrons. The van der Waals surface area contributed by atoms with Crippen LogP contribution in [0.3, 0.4) is 0 Å². The number of fused-ring (bicyclic) bond motifs is 1. The van der Waals surface area contributed by atoms with Crippen molar-refractivity contribution in [3.05, 3.63) is 135 Å². The van der Waals surface area contributed by atoms with Crippen LogP contribution in [0.15, 0.2) is 107 Å². The highest BCUT2D eigenvalue weighted by atomic mass is 35.5. The summed E-state index contributed by atoms with van der Waals surface area (Å²) in [5, 5.41) is 12.5. The van der Waals surface area contributed by atoms with Crippen LogP contribution in [0.5, 0.6) is 28.7 Å². The largest absolute Gasteiger partial charge is 0.497 e. The van der Waals surface area contributed by atoms with Crippen molar-refractivity contribution >= 4 is 80.3 Å². The van der Waals surface area contributed by atoms with Gasteiger partial charge in [0, 0.05) is 23.8 Å². The van der Waals surface area contributed by atoms with Crippen molar-refractivity contribution in [2.75, 3.05) is 65.1 Å². The minimum absolute atomic E-state index is 0.0143. The number of oxime groups is 1. The number of carbonyl (C=O) groups excluding carboxylic acids is 6. The van der Waals surface area contributed by atoms with Gasteiger partial charge in [-0.25, -0.2) is 19.4 Å². The average molecular weight is 1290 g/mol. The monoisotopic (exact) mass is 1280 g/mol. The molecule has 3 N–H and O–H groups in total. The van der Waals surface area contributed by atoms with Crippen LogP contribution in [-0.4, -0.2) is 148 Å². The number of amides is 4. The predicted molar refractivity (Wildman–Crippen MR) is 332 cm³/mol. The van der Waals surface area contributed by atoms with Crippen LogP contribution in [0.25, 0.3) is 0 Å². The molecule has 0 aliphatic carbocycles. The van der Waals surface area contributed by atoms with Gasteiger partial charge in [-0.1, -0.05) is 53.2 Å². The van der Waals surface area contributed by atoms with E-state index in [0.717, 1.165) is 40.2 Å². The highest BCUT2D eigenvalue weighted by Gasteiger charge is 2.58. The van der Waals surface area contributed by atoms with Gasteiger partial charge in [-0.3, -0.25) is 28.8 Å². The maximum Gasteiger partial charge on any atom is 0.413 e. The van der Waals surface area contributed by atoms with E-state index in [2.05, 4.69) is 26.1 Å². The standard InChI is InChI=1S/C63H74ClN7O16S2/c1-61(2,3)85-58(76)63(7,8)87-69-49(46-36-88-59(66-46)68-60(77)86-62(4,5)6)54(73)67-50-55(74)70-51(57(75)84-35-40-18-24-44(81-11)25-19-40)41(37-89(78)56(50)70)32-71(29-12-13-30-71)31-28-65-53(72)45-26-27-47(82-33-38-14-20-42(79-9)21-15-38)52(48(45)64)83-34-39-16-22-43(80-10)23-17-39/h14-27,36,50,56H,12-13,28-35,37H2,1-11H3,(H2-,65,66,67,68,72,73,77)/p+1/b69-49+/t50-,56-,89?/m1/s1. The van der Waals surface area contributed by atoms with Crippen molar-refractivity contribution in [2.45, 2.75) is 116 Å². The second kappa shape index (κ2) is 28.5. The fourth-order valence-electron chi connectivity index (χ4n) is 9.84. The Morgan fingerprint density at radius 2 is 1.33 bits per heavy atom. The maximum absolute atomic E-state index is 14.7. The third-order valence-electron chi connectivity index (χ3n) is 14.4. The molecule has 4 heterocycles. The van der Waals surface area contributed by atoms with Gasteiger partial charge in [0.1, 0.15) is 77.6 Å². The second-order valence-corrected chi connectivity index (χ2v) is 26.6. The number of likely N-dealkylation sites (tertiary alicyclic amines) is 1. The number of quaternary nitrogens is 1. The molecule has 3 aliphatic heterocycles. The van der Waals surface area contributed by atoms with Crippen LogP contribution < -0.4 is 39.6 Å². The number of carbonyl (C=O) groups is 6. The number of nitrogens with one attached hydrogen (secondary N) is 3. The number of hydrogen-bond donors (Lipinski definition) is 3. The molecule has 4 amide bonds. The summed E-state index contributed by atoms with van der Waals surface area (Å²) in [6.45, 7) is 14.8. The first kappa shape index (κ1) is 66.7. The van der Waals surface area contributed by atoms with Gasteiger partial charge in [-0.05, 0) is 121 Å². The van der Waals surface area contributed by atoms with Crippen molar-refractivity contribution in [2.24, 2.45) is 5.16 Å². The molecule has 0 saturated carbocycles. The molecule has 2 fully saturated rings. The number of β-lactam (4-membered cyclic amide) rings is 1. The molecule has 476 valence electrons. The minimum Gasteiger partial charge on any atom is -0.497 e. The van der Waals surface area contributed by atoms with E-state index in [0.29, 0.717) is 58.3 Å². The molecule has 0 bridgehead atoms. The average Bonchev–Trinajstić information content (AvgIpc) is 0.946. The second-order valence-electron chi connectivity index (χ2n) is 23.8. The Labute approximate surface area is 528 Å². The number of ether oxygens (including phenoxy) is 8. The summed E-state index contributed by atoms with van der Waals surface area (Å²) in [6.07, 6.45) is 0.789. The van der Waals surface area contributed by atoms with E-state index < -0.39 is 80.5 Å². The van der Waals surface area contributed by atoms with Crippen molar-refractivity contribution in [1.82, 2.24) is 20.5 Å². The zero-order valence-corrected chi connectivity index (χ0v) is 54.0. The first-order chi connectivity index (χ1) is 42.2. The lowest BCUT2D eigenvalue weighted by Crippen LogP contribution is -2.74. The van der Waals surface area contributed by atoms with Crippen molar-refractivity contribution in [3.8, 4) is 28.7 Å². The van der Waals surface area contributed by atoms with E-state index in [1.54, 1.807) is 92.2 Å². The SMILES string of the molecule is COc1ccc(COC(=O)C2=C(C[N+]3(CCNC(=O)c4ccc(OCc5ccc(OC)cc5)c(OCc5ccc(OC)cc5)c4Cl)CCCC3)CS(=O)[C@@H]3[C@H](NC(=O)/C(=N/OC(C)(C)C(=O)OC(C)(C)C)c4csc(NC(=O)OC(C)(C)C)n4)C(=O)N23)cc1. The first-order valence-corrected chi connectivity index (χ1v) is 31.3. The molecule has 4 aromatic carbocycles. The molecule has 2 saturated heterocycles. The summed E-state index contributed by atoms with van der Waals surface area (Å²) in [6, 6.07) is 23.3. The lowest BCUT2D eigenvalue weighted by Gasteiger charge is -2.50. The molecular formula is C63H75ClN7O16S2+. The summed E-state index contributed by atoms with van der Waals surface area (Å²) in [5.41, 5.74) is -1.43. The molecule has 5 aromatic rings. The fraction of sp³-hybridized carbons (Fsp3) is 0.429. The van der Waals surface area contributed by atoms with Crippen LogP contribution in [0, 0.1) is 0 Å². The Morgan fingerprint density at radius 3 is 1.89 bits per heavy atom. The normalized spacial score (nSPS) is 17.3. The molecule has 1 unspecified atom stereocenters. The topological polar surface area (TPSA) is 267 Å². The number of halogens is 1. The van der Waals surface area contributed by atoms with Gasteiger partial charge < -0.3 is 57.8 Å². The van der Waals surface area contributed by atoms with E-state index in [-0.39, 0.29) is 71.5 Å². The Kier molecular flexibility index (Phi) is 21.3. The fourth-order valence-corrected chi connectivity index (χ4v) is 12.5. The van der Waals surface area contributed by atoms with E-state index in [4.69, 9.17) is 54.3 Å².